The van der Waals surface area contributed by atoms with Crippen molar-refractivity contribution < 1.29 is 13.0 Å². The number of benzene rings is 1. The summed E-state index contributed by atoms with van der Waals surface area (Å²) >= 11 is 11.8. The summed E-state index contributed by atoms with van der Waals surface area (Å²) in [6.07, 6.45) is 0.564. The van der Waals surface area contributed by atoms with Gasteiger partial charge in [0.2, 0.25) is 0 Å². The lowest BCUT2D eigenvalue weighted by Gasteiger charge is -2.20. The van der Waals surface area contributed by atoms with Gasteiger partial charge in [0.05, 0.1) is 5.02 Å². The van der Waals surface area contributed by atoms with Crippen molar-refractivity contribution in [1.82, 2.24) is 0 Å². The van der Waals surface area contributed by atoms with Gasteiger partial charge in [0.25, 0.3) is 10.1 Å². The third-order valence-electron chi connectivity index (χ3n) is 2.08. The average molecular weight is 297 g/mol. The fourth-order valence-electron chi connectivity index (χ4n) is 1.51. The number of halogens is 2. The average Bonchev–Trinajstić information content (AvgIpc) is 2.06. The molecule has 1 rings (SSSR count). The van der Waals surface area contributed by atoms with Crippen LogP contribution >= 0.6 is 23.2 Å². The number of hydrogen-bond donors (Lipinski definition) is 1. The second-order valence-electron chi connectivity index (χ2n) is 5.09. The van der Waals surface area contributed by atoms with Gasteiger partial charge in [-0.1, -0.05) is 44.0 Å². The van der Waals surface area contributed by atoms with Crippen LogP contribution in [0.4, 0.5) is 0 Å². The summed E-state index contributed by atoms with van der Waals surface area (Å²) in [6.45, 7) is 5.99. The molecule has 0 aliphatic rings. The second-order valence-corrected chi connectivity index (χ2v) is 7.29. The van der Waals surface area contributed by atoms with E-state index in [-0.39, 0.29) is 20.4 Å². The SMILES string of the molecule is CC(C)(C)Cc1cc(Cl)cc(S(=O)(=O)O)c1Cl. The summed E-state index contributed by atoms with van der Waals surface area (Å²) in [5.41, 5.74) is 0.546. The molecule has 0 bridgehead atoms. The van der Waals surface area contributed by atoms with Crippen molar-refractivity contribution in [1.29, 1.82) is 0 Å². The smallest absolute Gasteiger partial charge is 0.282 e. The summed E-state index contributed by atoms with van der Waals surface area (Å²) in [5, 5.41) is 0.271. The summed E-state index contributed by atoms with van der Waals surface area (Å²) < 4.78 is 31.3. The zero-order chi connectivity index (χ0) is 13.4. The van der Waals surface area contributed by atoms with E-state index in [2.05, 4.69) is 0 Å². The molecule has 0 saturated heterocycles. The lowest BCUT2D eigenvalue weighted by Crippen LogP contribution is -2.11. The highest BCUT2D eigenvalue weighted by atomic mass is 35.5. The van der Waals surface area contributed by atoms with Crippen molar-refractivity contribution in [2.75, 3.05) is 0 Å². The lowest BCUT2D eigenvalue weighted by atomic mass is 9.88. The summed E-state index contributed by atoms with van der Waals surface area (Å²) in [4.78, 5) is -0.342. The fraction of sp³-hybridized carbons (Fsp3) is 0.455. The van der Waals surface area contributed by atoms with Gasteiger partial charge in [0.1, 0.15) is 4.90 Å². The topological polar surface area (TPSA) is 54.4 Å². The minimum absolute atomic E-state index is 0.0341. The Morgan fingerprint density at radius 3 is 2.18 bits per heavy atom. The van der Waals surface area contributed by atoms with Gasteiger partial charge in [0, 0.05) is 5.02 Å². The van der Waals surface area contributed by atoms with E-state index < -0.39 is 10.1 Å². The van der Waals surface area contributed by atoms with E-state index in [0.29, 0.717) is 12.0 Å². The van der Waals surface area contributed by atoms with Crippen LogP contribution in [0.1, 0.15) is 26.3 Å². The van der Waals surface area contributed by atoms with Crippen LogP contribution in [0.15, 0.2) is 17.0 Å². The highest BCUT2D eigenvalue weighted by Gasteiger charge is 2.21. The highest BCUT2D eigenvalue weighted by molar-refractivity contribution is 7.86. The fourth-order valence-corrected chi connectivity index (χ4v) is 2.91. The number of hydrogen-bond acceptors (Lipinski definition) is 2. The third kappa shape index (κ3) is 4.14. The highest BCUT2D eigenvalue weighted by Crippen LogP contribution is 2.33. The van der Waals surface area contributed by atoms with E-state index in [9.17, 15) is 8.42 Å². The molecule has 0 heterocycles. The molecule has 0 spiro atoms. The normalized spacial score (nSPS) is 12.8. The van der Waals surface area contributed by atoms with E-state index in [1.54, 1.807) is 6.07 Å². The first kappa shape index (κ1) is 14.8. The molecule has 0 amide bonds. The number of rotatable bonds is 2. The first-order chi connectivity index (χ1) is 7.50. The van der Waals surface area contributed by atoms with Crippen molar-refractivity contribution in [3.8, 4) is 0 Å². The minimum Gasteiger partial charge on any atom is -0.282 e. The minimum atomic E-state index is -4.35. The summed E-state index contributed by atoms with van der Waals surface area (Å²) in [7, 11) is -4.35. The third-order valence-corrected chi connectivity index (χ3v) is 3.73. The zero-order valence-electron chi connectivity index (χ0n) is 9.79. The monoisotopic (exact) mass is 296 g/mol. The van der Waals surface area contributed by atoms with Gasteiger partial charge in [-0.15, -0.1) is 0 Å². The molecule has 0 unspecified atom stereocenters. The Labute approximate surface area is 111 Å². The van der Waals surface area contributed by atoms with Gasteiger partial charge in [-0.25, -0.2) is 0 Å². The molecule has 1 aromatic carbocycles. The van der Waals surface area contributed by atoms with Crippen LogP contribution in [0.25, 0.3) is 0 Å². The summed E-state index contributed by atoms with van der Waals surface area (Å²) in [5.74, 6) is 0. The largest absolute Gasteiger partial charge is 0.296 e. The molecular formula is C11H14Cl2O3S. The molecule has 0 aliphatic heterocycles. The first-order valence-corrected chi connectivity index (χ1v) is 7.16. The van der Waals surface area contributed by atoms with Crippen molar-refractivity contribution in [2.24, 2.45) is 5.41 Å². The van der Waals surface area contributed by atoms with Crippen LogP contribution in [0.2, 0.25) is 10.0 Å². The quantitative estimate of drug-likeness (QED) is 0.844. The first-order valence-electron chi connectivity index (χ1n) is 4.96. The Bertz CT molecular complexity index is 530. The van der Waals surface area contributed by atoms with Crippen molar-refractivity contribution >= 4 is 33.3 Å². The van der Waals surface area contributed by atoms with E-state index in [1.807, 2.05) is 20.8 Å². The molecule has 0 radical (unpaired) electrons. The Hall–Kier alpha value is -0.290. The molecule has 17 heavy (non-hydrogen) atoms. The maximum Gasteiger partial charge on any atom is 0.296 e. The van der Waals surface area contributed by atoms with Crippen LogP contribution < -0.4 is 0 Å². The molecule has 6 heteroatoms. The molecule has 3 nitrogen and oxygen atoms in total. The molecule has 0 fully saturated rings. The molecule has 1 aromatic rings. The second kappa shape index (κ2) is 4.76. The molecule has 0 atom stereocenters. The predicted molar refractivity (Wildman–Crippen MR) is 69.4 cm³/mol. The Kier molecular flexibility index (Phi) is 4.14. The summed E-state index contributed by atoms with van der Waals surface area (Å²) in [6, 6.07) is 2.76. The van der Waals surface area contributed by atoms with Crippen molar-refractivity contribution in [3.05, 3.63) is 27.7 Å². The molecule has 96 valence electrons. The van der Waals surface area contributed by atoms with Gasteiger partial charge in [-0.2, -0.15) is 8.42 Å². The molecule has 1 N–H and O–H groups in total. The van der Waals surface area contributed by atoms with Gasteiger partial charge < -0.3 is 0 Å². The Morgan fingerprint density at radius 1 is 1.24 bits per heavy atom. The lowest BCUT2D eigenvalue weighted by molar-refractivity contribution is 0.410. The van der Waals surface area contributed by atoms with E-state index >= 15 is 0 Å². The molecule has 0 aromatic heterocycles. The van der Waals surface area contributed by atoms with Gasteiger partial charge >= 0.3 is 0 Å². The van der Waals surface area contributed by atoms with E-state index in [4.69, 9.17) is 27.8 Å². The van der Waals surface area contributed by atoms with Crippen molar-refractivity contribution in [2.45, 2.75) is 32.1 Å². The Morgan fingerprint density at radius 2 is 1.76 bits per heavy atom. The standard InChI is InChI=1S/C11H14Cl2O3S/c1-11(2,3)6-7-4-8(12)5-9(10(7)13)17(14,15)16/h4-5H,6H2,1-3H3,(H,14,15,16). The zero-order valence-corrected chi connectivity index (χ0v) is 12.1. The van der Waals surface area contributed by atoms with Crippen LogP contribution in [-0.4, -0.2) is 13.0 Å². The predicted octanol–water partition coefficient (Wildman–Crippen LogP) is 3.83. The molecule has 0 saturated carbocycles. The van der Waals surface area contributed by atoms with Gasteiger partial charge in [-0.05, 0) is 29.5 Å². The van der Waals surface area contributed by atoms with Crippen LogP contribution in [0.5, 0.6) is 0 Å². The van der Waals surface area contributed by atoms with E-state index in [0.717, 1.165) is 6.07 Å². The van der Waals surface area contributed by atoms with Crippen LogP contribution in [0.3, 0.4) is 0 Å². The van der Waals surface area contributed by atoms with Crippen molar-refractivity contribution in [3.63, 3.8) is 0 Å². The van der Waals surface area contributed by atoms with Gasteiger partial charge in [0.15, 0.2) is 0 Å². The Balaban J connectivity index is 3.40. The maximum atomic E-state index is 11.1. The maximum absolute atomic E-state index is 11.1. The van der Waals surface area contributed by atoms with E-state index in [1.165, 1.54) is 0 Å². The van der Waals surface area contributed by atoms with Gasteiger partial charge in [-0.3, -0.25) is 4.55 Å². The van der Waals surface area contributed by atoms with Crippen LogP contribution in [-0.2, 0) is 16.5 Å². The molecule has 0 aliphatic carbocycles. The van der Waals surface area contributed by atoms with Crippen LogP contribution in [0, 0.1) is 5.41 Å². The molecular weight excluding hydrogens is 283 g/mol.